The molecule has 2 rings (SSSR count). The van der Waals surface area contributed by atoms with Gasteiger partial charge in [-0.15, -0.1) is 0 Å². The predicted octanol–water partition coefficient (Wildman–Crippen LogP) is 1.86. The van der Waals surface area contributed by atoms with Crippen LogP contribution in [-0.2, 0) is 16.1 Å². The molecule has 1 N–H and O–H groups in total. The zero-order chi connectivity index (χ0) is 12.3. The van der Waals surface area contributed by atoms with E-state index in [1.165, 1.54) is 0 Å². The number of carbonyl (C=O) groups excluding carboxylic acids is 1. The number of hydrogen-bond donors (Lipinski definition) is 1. The molecule has 0 saturated carbocycles. The molecule has 0 radical (unpaired) electrons. The highest BCUT2D eigenvalue weighted by Gasteiger charge is 2.29. The standard InChI is InChI=1S/C12H14BrNO3/c1-14-7-8-3-2-4-9(13)11(8)17-10-5-6-16-12(10)15/h2-4,10,14H,5-7H2,1H3. The fraction of sp³-hybridized carbons (Fsp3) is 0.417. The molecule has 1 aliphatic heterocycles. The monoisotopic (exact) mass is 299 g/mol. The van der Waals surface area contributed by atoms with Gasteiger partial charge in [-0.05, 0) is 29.0 Å². The highest BCUT2D eigenvalue weighted by Crippen LogP contribution is 2.31. The molecule has 1 aliphatic rings. The molecular weight excluding hydrogens is 286 g/mol. The van der Waals surface area contributed by atoms with Crippen molar-refractivity contribution in [3.63, 3.8) is 0 Å². The maximum Gasteiger partial charge on any atom is 0.347 e. The maximum atomic E-state index is 11.4. The Morgan fingerprint density at radius 2 is 2.41 bits per heavy atom. The third kappa shape index (κ3) is 2.79. The van der Waals surface area contributed by atoms with Gasteiger partial charge in [0.1, 0.15) is 5.75 Å². The van der Waals surface area contributed by atoms with E-state index in [0.717, 1.165) is 10.0 Å². The Morgan fingerprint density at radius 3 is 3.06 bits per heavy atom. The Balaban J connectivity index is 2.21. The zero-order valence-electron chi connectivity index (χ0n) is 9.53. The molecule has 0 aliphatic carbocycles. The molecule has 1 aromatic carbocycles. The quantitative estimate of drug-likeness (QED) is 0.862. The van der Waals surface area contributed by atoms with Crippen LogP contribution in [0.4, 0.5) is 0 Å². The third-order valence-electron chi connectivity index (χ3n) is 2.56. The number of carbonyl (C=O) groups is 1. The molecule has 4 nitrogen and oxygen atoms in total. The highest BCUT2D eigenvalue weighted by molar-refractivity contribution is 9.10. The van der Waals surface area contributed by atoms with Crippen molar-refractivity contribution in [2.24, 2.45) is 0 Å². The summed E-state index contributed by atoms with van der Waals surface area (Å²) in [6.45, 7) is 1.13. The van der Waals surface area contributed by atoms with E-state index in [4.69, 9.17) is 9.47 Å². The minimum absolute atomic E-state index is 0.281. The molecule has 1 atom stereocenters. The minimum Gasteiger partial charge on any atom is -0.477 e. The maximum absolute atomic E-state index is 11.4. The van der Waals surface area contributed by atoms with Crippen molar-refractivity contribution < 1.29 is 14.3 Å². The van der Waals surface area contributed by atoms with E-state index in [1.54, 1.807) is 0 Å². The summed E-state index contributed by atoms with van der Waals surface area (Å²) in [6.07, 6.45) is 0.128. The van der Waals surface area contributed by atoms with Crippen LogP contribution in [0.3, 0.4) is 0 Å². The van der Waals surface area contributed by atoms with Gasteiger partial charge in [0.05, 0.1) is 11.1 Å². The molecule has 17 heavy (non-hydrogen) atoms. The number of nitrogens with one attached hydrogen (secondary N) is 1. The summed E-state index contributed by atoms with van der Waals surface area (Å²) < 4.78 is 11.5. The Labute approximate surface area is 108 Å². The van der Waals surface area contributed by atoms with Crippen LogP contribution < -0.4 is 10.1 Å². The summed E-state index contributed by atoms with van der Waals surface area (Å²) in [5.74, 6) is 0.432. The van der Waals surface area contributed by atoms with Crippen molar-refractivity contribution in [3.8, 4) is 5.75 Å². The number of esters is 1. The van der Waals surface area contributed by atoms with E-state index in [9.17, 15) is 4.79 Å². The van der Waals surface area contributed by atoms with Gasteiger partial charge in [0, 0.05) is 18.5 Å². The summed E-state index contributed by atoms with van der Waals surface area (Å²) in [7, 11) is 1.87. The van der Waals surface area contributed by atoms with Crippen LogP contribution in [0.25, 0.3) is 0 Å². The molecule has 1 unspecified atom stereocenters. The van der Waals surface area contributed by atoms with Crippen LogP contribution in [0, 0.1) is 0 Å². The van der Waals surface area contributed by atoms with E-state index in [1.807, 2.05) is 25.2 Å². The van der Waals surface area contributed by atoms with E-state index in [-0.39, 0.29) is 5.97 Å². The van der Waals surface area contributed by atoms with Crippen LogP contribution >= 0.6 is 15.9 Å². The highest BCUT2D eigenvalue weighted by atomic mass is 79.9. The fourth-order valence-electron chi connectivity index (χ4n) is 1.74. The zero-order valence-corrected chi connectivity index (χ0v) is 11.1. The molecule has 1 aromatic rings. The molecule has 0 aromatic heterocycles. The van der Waals surface area contributed by atoms with E-state index in [0.29, 0.717) is 25.3 Å². The summed E-state index contributed by atoms with van der Waals surface area (Å²) in [5, 5.41) is 3.07. The van der Waals surface area contributed by atoms with Crippen LogP contribution in [0.5, 0.6) is 5.75 Å². The second-order valence-corrected chi connectivity index (χ2v) is 4.68. The van der Waals surface area contributed by atoms with Crippen LogP contribution in [0.1, 0.15) is 12.0 Å². The SMILES string of the molecule is CNCc1cccc(Br)c1OC1CCOC1=O. The van der Waals surface area contributed by atoms with Crippen molar-refractivity contribution in [3.05, 3.63) is 28.2 Å². The summed E-state index contributed by atoms with van der Waals surface area (Å²) in [6, 6.07) is 5.81. The molecule has 1 saturated heterocycles. The third-order valence-corrected chi connectivity index (χ3v) is 3.19. The lowest BCUT2D eigenvalue weighted by Gasteiger charge is -2.15. The van der Waals surface area contributed by atoms with Gasteiger partial charge in [0.2, 0.25) is 0 Å². The summed E-state index contributed by atoms with van der Waals surface area (Å²) in [5.41, 5.74) is 1.02. The number of halogens is 1. The van der Waals surface area contributed by atoms with Crippen LogP contribution in [0.15, 0.2) is 22.7 Å². The molecular formula is C12H14BrNO3. The lowest BCUT2D eigenvalue weighted by molar-refractivity contribution is -0.143. The molecule has 1 heterocycles. The number of ether oxygens (including phenoxy) is 2. The smallest absolute Gasteiger partial charge is 0.347 e. The minimum atomic E-state index is -0.482. The average Bonchev–Trinajstić information content (AvgIpc) is 2.70. The second-order valence-electron chi connectivity index (χ2n) is 3.82. The molecule has 0 bridgehead atoms. The Bertz CT molecular complexity index is 422. The van der Waals surface area contributed by atoms with Gasteiger partial charge in [0.15, 0.2) is 6.10 Å². The van der Waals surface area contributed by atoms with Crippen molar-refractivity contribution >= 4 is 21.9 Å². The lowest BCUT2D eigenvalue weighted by atomic mass is 10.2. The first-order valence-electron chi connectivity index (χ1n) is 5.47. The predicted molar refractivity (Wildman–Crippen MR) is 66.9 cm³/mol. The van der Waals surface area contributed by atoms with Gasteiger partial charge >= 0.3 is 5.97 Å². The van der Waals surface area contributed by atoms with Gasteiger partial charge < -0.3 is 14.8 Å². The largest absolute Gasteiger partial charge is 0.477 e. The second kappa shape index (κ2) is 5.51. The Morgan fingerprint density at radius 1 is 1.59 bits per heavy atom. The lowest BCUT2D eigenvalue weighted by Crippen LogP contribution is -2.23. The van der Waals surface area contributed by atoms with E-state index < -0.39 is 6.10 Å². The van der Waals surface area contributed by atoms with Crippen LogP contribution in [0.2, 0.25) is 0 Å². The van der Waals surface area contributed by atoms with Gasteiger partial charge in [-0.1, -0.05) is 12.1 Å². The van der Waals surface area contributed by atoms with Gasteiger partial charge in [-0.25, -0.2) is 4.79 Å². The van der Waals surface area contributed by atoms with E-state index in [2.05, 4.69) is 21.2 Å². The Hall–Kier alpha value is -1.07. The normalized spacial score (nSPS) is 19.2. The Kier molecular flexibility index (Phi) is 4.02. The van der Waals surface area contributed by atoms with Crippen LogP contribution in [-0.4, -0.2) is 25.7 Å². The topological polar surface area (TPSA) is 47.6 Å². The molecule has 5 heteroatoms. The number of benzene rings is 1. The number of para-hydroxylation sites is 1. The summed E-state index contributed by atoms with van der Waals surface area (Å²) >= 11 is 3.44. The molecule has 0 amide bonds. The van der Waals surface area contributed by atoms with Crippen molar-refractivity contribution in [1.29, 1.82) is 0 Å². The van der Waals surface area contributed by atoms with Gasteiger partial charge in [-0.2, -0.15) is 0 Å². The first kappa shape index (κ1) is 12.4. The fourth-order valence-corrected chi connectivity index (χ4v) is 2.24. The molecule has 1 fully saturated rings. The number of hydrogen-bond acceptors (Lipinski definition) is 4. The number of cyclic esters (lactones) is 1. The first-order valence-corrected chi connectivity index (χ1v) is 6.27. The first-order chi connectivity index (χ1) is 8.22. The average molecular weight is 300 g/mol. The van der Waals surface area contributed by atoms with Crippen molar-refractivity contribution in [2.75, 3.05) is 13.7 Å². The summed E-state index contributed by atoms with van der Waals surface area (Å²) in [4.78, 5) is 11.4. The molecule has 92 valence electrons. The molecule has 0 spiro atoms. The number of rotatable bonds is 4. The van der Waals surface area contributed by atoms with Gasteiger partial charge in [0.25, 0.3) is 0 Å². The van der Waals surface area contributed by atoms with Crippen molar-refractivity contribution in [1.82, 2.24) is 5.32 Å². The van der Waals surface area contributed by atoms with Gasteiger partial charge in [-0.3, -0.25) is 0 Å². The van der Waals surface area contributed by atoms with E-state index >= 15 is 0 Å². The van der Waals surface area contributed by atoms with Crippen molar-refractivity contribution in [2.45, 2.75) is 19.1 Å².